The molecule has 0 fully saturated rings. The first kappa shape index (κ1) is 17.2. The monoisotopic (exact) mass is 356 g/mol. The van der Waals surface area contributed by atoms with Crippen molar-refractivity contribution in [2.24, 2.45) is 4.99 Å². The molecular weight excluding hydrogens is 336 g/mol. The van der Waals surface area contributed by atoms with E-state index >= 15 is 0 Å². The highest BCUT2D eigenvalue weighted by Gasteiger charge is 2.08. The highest BCUT2D eigenvalue weighted by atomic mass is 35.5. The number of rotatable bonds is 5. The lowest BCUT2D eigenvalue weighted by Gasteiger charge is -2.22. The van der Waals surface area contributed by atoms with Crippen molar-refractivity contribution in [3.8, 4) is 0 Å². The van der Waals surface area contributed by atoms with Crippen molar-refractivity contribution in [2.75, 3.05) is 20.6 Å². The predicted molar refractivity (Wildman–Crippen MR) is 101 cm³/mol. The Kier molecular flexibility index (Phi) is 5.50. The van der Waals surface area contributed by atoms with E-state index in [-0.39, 0.29) is 0 Å². The van der Waals surface area contributed by atoms with Crippen LogP contribution in [0, 0.1) is 0 Å². The van der Waals surface area contributed by atoms with Crippen molar-refractivity contribution in [2.45, 2.75) is 13.0 Å². The van der Waals surface area contributed by atoms with Crippen LogP contribution in [0.5, 0.6) is 0 Å². The number of halogens is 1. The maximum atomic E-state index is 5.93. The molecule has 1 aromatic carbocycles. The number of aliphatic imine (C=N–C) groups is 1. The summed E-state index contributed by atoms with van der Waals surface area (Å²) in [6, 6.07) is 13.7. The third-order valence-electron chi connectivity index (χ3n) is 3.92. The highest BCUT2D eigenvalue weighted by molar-refractivity contribution is 6.30. The van der Waals surface area contributed by atoms with E-state index in [1.54, 1.807) is 7.05 Å². The van der Waals surface area contributed by atoms with E-state index < -0.39 is 0 Å². The molecule has 0 aliphatic heterocycles. The van der Waals surface area contributed by atoms with Crippen LogP contribution in [0.15, 0.2) is 53.7 Å². The Labute approximate surface area is 152 Å². The van der Waals surface area contributed by atoms with Gasteiger partial charge in [-0.3, -0.25) is 9.39 Å². The zero-order chi connectivity index (χ0) is 17.6. The molecule has 0 saturated heterocycles. The standard InChI is InChI=1S/C18H21ClN6/c1-20-18(24(2)13-14-6-8-15(19)9-7-14)21-11-10-17-23-22-16-5-3-4-12-25(16)17/h3-9,12H,10-11,13H2,1-2H3,(H,20,21). The van der Waals surface area contributed by atoms with Crippen molar-refractivity contribution in [3.63, 3.8) is 0 Å². The summed E-state index contributed by atoms with van der Waals surface area (Å²) in [5.41, 5.74) is 2.04. The van der Waals surface area contributed by atoms with Gasteiger partial charge in [-0.2, -0.15) is 0 Å². The van der Waals surface area contributed by atoms with Gasteiger partial charge in [0.25, 0.3) is 0 Å². The van der Waals surface area contributed by atoms with Gasteiger partial charge in [-0.25, -0.2) is 0 Å². The van der Waals surface area contributed by atoms with Crippen LogP contribution < -0.4 is 5.32 Å². The van der Waals surface area contributed by atoms with Crippen LogP contribution in [0.25, 0.3) is 5.65 Å². The molecule has 0 unspecified atom stereocenters. The lowest BCUT2D eigenvalue weighted by atomic mass is 10.2. The average molecular weight is 357 g/mol. The number of hydrogen-bond acceptors (Lipinski definition) is 3. The van der Waals surface area contributed by atoms with E-state index in [4.69, 9.17) is 11.6 Å². The van der Waals surface area contributed by atoms with Gasteiger partial charge >= 0.3 is 0 Å². The largest absolute Gasteiger partial charge is 0.356 e. The first-order chi connectivity index (χ1) is 12.2. The Morgan fingerprint density at radius 3 is 2.76 bits per heavy atom. The second-order valence-corrected chi connectivity index (χ2v) is 6.19. The van der Waals surface area contributed by atoms with Crippen molar-refractivity contribution in [1.82, 2.24) is 24.8 Å². The number of fused-ring (bicyclic) bond motifs is 1. The Hall–Kier alpha value is -2.60. The molecule has 25 heavy (non-hydrogen) atoms. The second kappa shape index (κ2) is 7.98. The van der Waals surface area contributed by atoms with Gasteiger partial charge in [0.05, 0.1) is 0 Å². The smallest absolute Gasteiger partial charge is 0.193 e. The minimum absolute atomic E-state index is 0.729. The molecule has 0 bridgehead atoms. The number of pyridine rings is 1. The molecule has 6 nitrogen and oxygen atoms in total. The van der Waals surface area contributed by atoms with E-state index in [9.17, 15) is 0 Å². The average Bonchev–Trinajstić information content (AvgIpc) is 3.04. The number of nitrogens with zero attached hydrogens (tertiary/aromatic N) is 5. The fraction of sp³-hybridized carbons (Fsp3) is 0.278. The predicted octanol–water partition coefficient (Wildman–Crippen LogP) is 2.63. The minimum atomic E-state index is 0.729. The number of guanidine groups is 1. The fourth-order valence-corrected chi connectivity index (χ4v) is 2.80. The molecule has 130 valence electrons. The summed E-state index contributed by atoms with van der Waals surface area (Å²) in [6.45, 7) is 1.48. The lowest BCUT2D eigenvalue weighted by Crippen LogP contribution is -2.39. The highest BCUT2D eigenvalue weighted by Crippen LogP contribution is 2.11. The lowest BCUT2D eigenvalue weighted by molar-refractivity contribution is 0.477. The molecular formula is C18H21ClN6. The van der Waals surface area contributed by atoms with Crippen molar-refractivity contribution in [3.05, 3.63) is 65.1 Å². The molecule has 3 aromatic rings. The van der Waals surface area contributed by atoms with Crippen LogP contribution in [0.1, 0.15) is 11.4 Å². The van der Waals surface area contributed by atoms with Gasteiger partial charge in [0.1, 0.15) is 5.82 Å². The maximum Gasteiger partial charge on any atom is 0.193 e. The van der Waals surface area contributed by atoms with Gasteiger partial charge in [-0.05, 0) is 29.8 Å². The van der Waals surface area contributed by atoms with Crippen LogP contribution in [0.2, 0.25) is 5.02 Å². The van der Waals surface area contributed by atoms with Gasteiger partial charge in [-0.1, -0.05) is 29.8 Å². The molecule has 0 spiro atoms. The number of benzene rings is 1. The van der Waals surface area contributed by atoms with Gasteiger partial charge in [0, 0.05) is 44.8 Å². The Bertz CT molecular complexity index is 855. The molecule has 0 saturated carbocycles. The molecule has 7 heteroatoms. The summed E-state index contributed by atoms with van der Waals surface area (Å²) >= 11 is 5.93. The quantitative estimate of drug-likeness (QED) is 0.564. The summed E-state index contributed by atoms with van der Waals surface area (Å²) in [7, 11) is 3.80. The van der Waals surface area contributed by atoms with E-state index in [1.165, 1.54) is 5.56 Å². The van der Waals surface area contributed by atoms with Crippen LogP contribution >= 0.6 is 11.6 Å². The van der Waals surface area contributed by atoms with Crippen LogP contribution in [-0.4, -0.2) is 46.1 Å². The van der Waals surface area contributed by atoms with Gasteiger partial charge in [0.15, 0.2) is 11.6 Å². The van der Waals surface area contributed by atoms with Crippen molar-refractivity contribution in [1.29, 1.82) is 0 Å². The Morgan fingerprint density at radius 1 is 1.20 bits per heavy atom. The summed E-state index contributed by atoms with van der Waals surface area (Å²) in [6.07, 6.45) is 2.74. The second-order valence-electron chi connectivity index (χ2n) is 5.75. The molecule has 0 amide bonds. The van der Waals surface area contributed by atoms with E-state index in [1.807, 2.05) is 60.1 Å². The van der Waals surface area contributed by atoms with Gasteiger partial charge in [0.2, 0.25) is 0 Å². The molecule has 0 aliphatic carbocycles. The zero-order valence-corrected chi connectivity index (χ0v) is 15.1. The minimum Gasteiger partial charge on any atom is -0.356 e. The Balaban J connectivity index is 1.56. The summed E-state index contributed by atoms with van der Waals surface area (Å²) in [4.78, 5) is 6.42. The molecule has 2 aromatic heterocycles. The molecule has 0 atom stereocenters. The third-order valence-corrected chi connectivity index (χ3v) is 4.17. The van der Waals surface area contributed by atoms with Crippen molar-refractivity contribution < 1.29 is 0 Å². The number of nitrogens with one attached hydrogen (secondary N) is 1. The van der Waals surface area contributed by atoms with Crippen LogP contribution in [-0.2, 0) is 13.0 Å². The van der Waals surface area contributed by atoms with Gasteiger partial charge < -0.3 is 10.2 Å². The summed E-state index contributed by atoms with van der Waals surface area (Å²) in [5.74, 6) is 1.77. The van der Waals surface area contributed by atoms with E-state index in [2.05, 4.69) is 25.4 Å². The first-order valence-electron chi connectivity index (χ1n) is 8.12. The first-order valence-corrected chi connectivity index (χ1v) is 8.50. The number of hydrogen-bond donors (Lipinski definition) is 1. The van der Waals surface area contributed by atoms with Crippen molar-refractivity contribution >= 4 is 23.2 Å². The topological polar surface area (TPSA) is 57.8 Å². The van der Waals surface area contributed by atoms with E-state index in [0.717, 1.165) is 42.0 Å². The van der Waals surface area contributed by atoms with Crippen LogP contribution in [0.4, 0.5) is 0 Å². The fourth-order valence-electron chi connectivity index (χ4n) is 2.67. The molecule has 0 aliphatic rings. The molecule has 0 radical (unpaired) electrons. The SMILES string of the molecule is CN=C(NCCc1nnc2ccccn12)N(C)Cc1ccc(Cl)cc1. The molecule has 2 heterocycles. The van der Waals surface area contributed by atoms with Crippen LogP contribution in [0.3, 0.4) is 0 Å². The zero-order valence-electron chi connectivity index (χ0n) is 14.4. The molecule has 1 N–H and O–H groups in total. The molecule has 3 rings (SSSR count). The Morgan fingerprint density at radius 2 is 2.00 bits per heavy atom. The summed E-state index contributed by atoms with van der Waals surface area (Å²) < 4.78 is 2.00. The third kappa shape index (κ3) is 4.28. The van der Waals surface area contributed by atoms with E-state index in [0.29, 0.717) is 0 Å². The van der Waals surface area contributed by atoms with Gasteiger partial charge in [-0.15, -0.1) is 10.2 Å². The normalized spacial score (nSPS) is 11.7. The maximum absolute atomic E-state index is 5.93. The number of aromatic nitrogens is 3. The summed E-state index contributed by atoms with van der Waals surface area (Å²) in [5, 5.41) is 12.5.